The van der Waals surface area contributed by atoms with Crippen LogP contribution < -0.4 is 0 Å². The Morgan fingerprint density at radius 3 is 2.23 bits per heavy atom. The number of carbonyl (C=O) groups is 1. The molecule has 8 aliphatic rings. The highest BCUT2D eigenvalue weighted by Gasteiger charge is 2.68. The number of rotatable bonds is 8. The van der Waals surface area contributed by atoms with Gasteiger partial charge in [-0.15, -0.1) is 0 Å². The van der Waals surface area contributed by atoms with Crippen LogP contribution in [0.25, 0.3) is 0 Å². The Labute approximate surface area is 330 Å². The van der Waals surface area contributed by atoms with Crippen molar-refractivity contribution >= 4 is 5.97 Å². The van der Waals surface area contributed by atoms with E-state index >= 15 is 0 Å². The molecule has 8 rings (SSSR count). The highest BCUT2D eigenvalue weighted by atomic mass is 16.8. The Morgan fingerprint density at radius 1 is 0.789 bits per heavy atom. The summed E-state index contributed by atoms with van der Waals surface area (Å²) in [5.41, 5.74) is 0.0860. The van der Waals surface area contributed by atoms with Gasteiger partial charge in [0.05, 0.1) is 44.1 Å². The van der Waals surface area contributed by atoms with Gasteiger partial charge in [-0.25, -0.2) is 0 Å². The van der Waals surface area contributed by atoms with Gasteiger partial charge in [-0.3, -0.25) is 4.79 Å². The fraction of sp³-hybridized carbons (Fsp3) is 0.923. The average molecular weight is 817 g/mol. The molecule has 4 aliphatic carbocycles. The van der Waals surface area contributed by atoms with Crippen molar-refractivity contribution in [2.24, 2.45) is 40.4 Å². The first-order valence-electron chi connectivity index (χ1n) is 20.5. The van der Waals surface area contributed by atoms with E-state index < -0.39 is 123 Å². The Morgan fingerprint density at radius 2 is 1.51 bits per heavy atom. The zero-order valence-corrected chi connectivity index (χ0v) is 32.4. The monoisotopic (exact) mass is 816 g/mol. The van der Waals surface area contributed by atoms with Crippen LogP contribution in [0.5, 0.6) is 0 Å². The third-order valence-electron chi connectivity index (χ3n) is 15.4. The third-order valence-corrected chi connectivity index (χ3v) is 15.4. The van der Waals surface area contributed by atoms with Crippen molar-refractivity contribution in [2.75, 3.05) is 19.8 Å². The second-order valence-corrected chi connectivity index (χ2v) is 18.3. The van der Waals surface area contributed by atoms with Crippen molar-refractivity contribution in [1.29, 1.82) is 0 Å². The van der Waals surface area contributed by atoms with E-state index in [9.17, 15) is 55.9 Å². The minimum atomic E-state index is -1.80. The lowest BCUT2D eigenvalue weighted by Crippen LogP contribution is -2.67. The van der Waals surface area contributed by atoms with Crippen molar-refractivity contribution in [2.45, 2.75) is 164 Å². The summed E-state index contributed by atoms with van der Waals surface area (Å²) in [7, 11) is 0. The molecule has 18 heteroatoms. The van der Waals surface area contributed by atoms with Gasteiger partial charge in [0, 0.05) is 17.8 Å². The Kier molecular flexibility index (Phi) is 11.7. The smallest absolute Gasteiger partial charge is 0.312 e. The van der Waals surface area contributed by atoms with Crippen LogP contribution in [0, 0.1) is 40.4 Å². The summed E-state index contributed by atoms with van der Waals surface area (Å²) in [4.78, 5) is 12.7. The number of carbonyl (C=O) groups excluding carboxylic acids is 1. The fourth-order valence-corrected chi connectivity index (χ4v) is 12.3. The predicted molar refractivity (Wildman–Crippen MR) is 189 cm³/mol. The van der Waals surface area contributed by atoms with E-state index in [4.69, 9.17) is 33.2 Å². The molecule has 7 fully saturated rings. The van der Waals surface area contributed by atoms with Gasteiger partial charge >= 0.3 is 5.97 Å². The lowest BCUT2D eigenvalue weighted by Gasteiger charge is -2.60. The largest absolute Gasteiger partial charge is 0.462 e. The molecule has 24 atom stereocenters. The van der Waals surface area contributed by atoms with E-state index in [-0.39, 0.29) is 54.2 Å². The first-order valence-corrected chi connectivity index (χ1v) is 20.5. The van der Waals surface area contributed by atoms with Gasteiger partial charge in [-0.2, -0.15) is 0 Å². The molecule has 1 unspecified atom stereocenters. The minimum Gasteiger partial charge on any atom is -0.462 e. The molecule has 4 aliphatic heterocycles. The first-order chi connectivity index (χ1) is 27.0. The van der Waals surface area contributed by atoms with Crippen LogP contribution in [0.15, 0.2) is 11.6 Å². The molecule has 4 heterocycles. The molecule has 0 aromatic heterocycles. The average Bonchev–Trinajstić information content (AvgIpc) is 3.66. The Balaban J connectivity index is 1.12. The molecule has 0 radical (unpaired) electrons. The normalized spacial score (nSPS) is 56.2. The molecule has 18 nitrogen and oxygen atoms in total. The first kappa shape index (κ1) is 42.3. The second-order valence-electron chi connectivity index (χ2n) is 18.3. The van der Waals surface area contributed by atoms with Gasteiger partial charge in [0.25, 0.3) is 0 Å². The van der Waals surface area contributed by atoms with Crippen LogP contribution in [-0.4, -0.2) is 181 Å². The third kappa shape index (κ3) is 6.83. The summed E-state index contributed by atoms with van der Waals surface area (Å²) in [5.74, 6) is -0.632. The Bertz CT molecular complexity index is 1500. The fourth-order valence-electron chi connectivity index (χ4n) is 12.3. The summed E-state index contributed by atoms with van der Waals surface area (Å²) < 4.78 is 42.6. The molecule has 57 heavy (non-hydrogen) atoms. The van der Waals surface area contributed by atoms with E-state index in [1.54, 1.807) is 0 Å². The summed E-state index contributed by atoms with van der Waals surface area (Å²) in [6.07, 6.45) is -17.9. The SMILES string of the molecule is C[C@@H]1O[C@@H](O[C@H]2[C@H](OC3C[C@H](O)CC4=CC[C@H]5[C@@H]6C[C@@H]7OC(=O)[C@H](CO)[C@@H]7[C@@]6(C)CC[C@@H]5[C@]43C)O[C@H](CO)[C@@H](O)[C@@H]2O[C@@H]2OC[C@@H](O)[C@H](O)[C@H]2O)[C@H](O)[C@H](O)[C@H]1O. The quantitative estimate of drug-likeness (QED) is 0.0874. The van der Waals surface area contributed by atoms with E-state index in [0.29, 0.717) is 12.8 Å². The maximum Gasteiger partial charge on any atom is 0.312 e. The summed E-state index contributed by atoms with van der Waals surface area (Å²) >= 11 is 0. The number of fused-ring (bicyclic) bond motifs is 7. The van der Waals surface area contributed by atoms with Crippen LogP contribution in [0.4, 0.5) is 0 Å². The molecule has 0 aromatic rings. The van der Waals surface area contributed by atoms with Crippen LogP contribution in [-0.2, 0) is 38.0 Å². The number of allylic oxidation sites excluding steroid dienone is 1. The zero-order valence-electron chi connectivity index (χ0n) is 32.4. The molecule has 10 N–H and O–H groups in total. The lowest BCUT2D eigenvalue weighted by molar-refractivity contribution is -0.393. The van der Waals surface area contributed by atoms with Crippen LogP contribution in [0.2, 0.25) is 0 Å². The molecule has 0 amide bonds. The topological polar surface area (TPSA) is 284 Å². The molecule has 0 spiro atoms. The molecule has 3 saturated carbocycles. The minimum absolute atomic E-state index is 0.0455. The maximum absolute atomic E-state index is 12.7. The molecular weight excluding hydrogens is 756 g/mol. The van der Waals surface area contributed by atoms with E-state index in [1.807, 2.05) is 0 Å². The van der Waals surface area contributed by atoms with Gasteiger partial charge < -0.3 is 84.2 Å². The zero-order chi connectivity index (χ0) is 40.9. The van der Waals surface area contributed by atoms with Crippen molar-refractivity contribution in [1.82, 2.24) is 0 Å². The van der Waals surface area contributed by atoms with Crippen LogP contribution in [0.1, 0.15) is 59.3 Å². The van der Waals surface area contributed by atoms with Gasteiger partial charge in [-0.05, 0) is 62.2 Å². The van der Waals surface area contributed by atoms with Crippen LogP contribution >= 0.6 is 0 Å². The van der Waals surface area contributed by atoms with Gasteiger partial charge in [0.2, 0.25) is 0 Å². The van der Waals surface area contributed by atoms with Crippen molar-refractivity contribution in [3.63, 3.8) is 0 Å². The van der Waals surface area contributed by atoms with Crippen LogP contribution in [0.3, 0.4) is 0 Å². The van der Waals surface area contributed by atoms with Gasteiger partial charge in [0.15, 0.2) is 18.9 Å². The highest BCUT2D eigenvalue weighted by Crippen LogP contribution is 2.69. The number of hydrogen-bond donors (Lipinski definition) is 10. The number of aliphatic hydroxyl groups excluding tert-OH is 10. The number of ether oxygens (including phenoxy) is 7. The van der Waals surface area contributed by atoms with Crippen molar-refractivity contribution in [3.05, 3.63) is 11.6 Å². The molecule has 0 aromatic carbocycles. The van der Waals surface area contributed by atoms with E-state index in [2.05, 4.69) is 19.9 Å². The summed E-state index contributed by atoms with van der Waals surface area (Å²) in [6, 6.07) is 0. The molecular formula is C39H60O18. The molecule has 324 valence electrons. The predicted octanol–water partition coefficient (Wildman–Crippen LogP) is -2.82. The van der Waals surface area contributed by atoms with Crippen molar-refractivity contribution < 1.29 is 89.0 Å². The molecule has 4 saturated heterocycles. The summed E-state index contributed by atoms with van der Waals surface area (Å²) in [6.45, 7) is 4.37. The van der Waals surface area contributed by atoms with E-state index in [0.717, 1.165) is 24.8 Å². The maximum atomic E-state index is 12.7. The number of aliphatic hydroxyl groups is 10. The Hall–Kier alpha value is -1.43. The second kappa shape index (κ2) is 15.8. The van der Waals surface area contributed by atoms with Gasteiger partial charge in [-0.1, -0.05) is 25.5 Å². The van der Waals surface area contributed by atoms with E-state index in [1.165, 1.54) is 6.92 Å². The standard InChI is InChI=1S/C39H60O18/c1-14-26(44)29(47)31(49)36(52-14)57-33-32(56-35-30(48)27(45)21(43)13-51-35)28(46)23(12-41)54-37(33)55-24-9-16(42)8-15-4-5-17-19(39(15,24)3)6-7-38(2)20(17)10-22-25(38)18(11-40)34(50)53-22/h4,14,16-33,35-37,40-49H,5-13H2,1-3H3/t14-,16+,17+,18+,19-,20-,21+,22-,23+,24?,25-,26-,27-,28+,29+,30+,31+,32-,33+,35-,36-,37-,38-,39-/m0/s1. The van der Waals surface area contributed by atoms with Crippen molar-refractivity contribution in [3.8, 4) is 0 Å². The number of hydrogen-bond acceptors (Lipinski definition) is 18. The highest BCUT2D eigenvalue weighted by molar-refractivity contribution is 5.76. The molecule has 0 bridgehead atoms. The van der Waals surface area contributed by atoms with Gasteiger partial charge in [0.1, 0.15) is 67.1 Å². The lowest BCUT2D eigenvalue weighted by atomic mass is 9.46. The summed E-state index contributed by atoms with van der Waals surface area (Å²) in [5, 5.41) is 107. The number of esters is 1.